The largest absolute Gasteiger partial charge is 0.383 e. The molecule has 0 radical (unpaired) electrons. The standard InChI is InChI=1S/C12H21N3O2/c1-16-7-6-13-4-5-14-9-11-8-12(17-15-11)10-2-3-10/h8,10,13-14H,2-7,9H2,1H3. The number of ether oxygens (including phenoxy) is 1. The van der Waals surface area contributed by atoms with E-state index in [1.807, 2.05) is 0 Å². The van der Waals surface area contributed by atoms with Gasteiger partial charge in [-0.3, -0.25) is 0 Å². The second-order valence-electron chi connectivity index (χ2n) is 4.41. The number of methoxy groups -OCH3 is 1. The molecule has 1 heterocycles. The fourth-order valence-corrected chi connectivity index (χ4v) is 1.66. The molecule has 0 aromatic carbocycles. The zero-order chi connectivity index (χ0) is 11.9. The van der Waals surface area contributed by atoms with Crippen LogP contribution < -0.4 is 10.6 Å². The maximum atomic E-state index is 5.28. The smallest absolute Gasteiger partial charge is 0.140 e. The van der Waals surface area contributed by atoms with Gasteiger partial charge in [0.2, 0.25) is 0 Å². The van der Waals surface area contributed by atoms with Crippen molar-refractivity contribution in [2.45, 2.75) is 25.3 Å². The van der Waals surface area contributed by atoms with Crippen LogP contribution in [0.25, 0.3) is 0 Å². The third-order valence-corrected chi connectivity index (χ3v) is 2.82. The van der Waals surface area contributed by atoms with Gasteiger partial charge < -0.3 is 19.9 Å². The molecule has 1 saturated carbocycles. The maximum Gasteiger partial charge on any atom is 0.140 e. The molecule has 5 nitrogen and oxygen atoms in total. The van der Waals surface area contributed by atoms with Crippen LogP contribution in [-0.4, -0.2) is 38.5 Å². The Hall–Kier alpha value is -0.910. The van der Waals surface area contributed by atoms with Crippen molar-refractivity contribution in [3.63, 3.8) is 0 Å². The quantitative estimate of drug-likeness (QED) is 0.626. The average Bonchev–Trinajstić information content (AvgIpc) is 3.09. The Morgan fingerprint density at radius 2 is 2.18 bits per heavy atom. The van der Waals surface area contributed by atoms with E-state index in [2.05, 4.69) is 21.9 Å². The molecule has 0 bridgehead atoms. The summed E-state index contributed by atoms with van der Waals surface area (Å²) in [4.78, 5) is 0. The Balaban J connectivity index is 1.52. The Morgan fingerprint density at radius 3 is 2.94 bits per heavy atom. The van der Waals surface area contributed by atoms with Crippen molar-refractivity contribution in [2.75, 3.05) is 33.4 Å². The summed E-state index contributed by atoms with van der Waals surface area (Å²) in [6, 6.07) is 2.07. The van der Waals surface area contributed by atoms with Gasteiger partial charge >= 0.3 is 0 Å². The minimum atomic E-state index is 0.645. The molecule has 0 amide bonds. The van der Waals surface area contributed by atoms with E-state index < -0.39 is 0 Å². The molecule has 1 aromatic rings. The monoisotopic (exact) mass is 239 g/mol. The van der Waals surface area contributed by atoms with Crippen LogP contribution in [0.15, 0.2) is 10.6 Å². The number of hydrogen-bond donors (Lipinski definition) is 2. The van der Waals surface area contributed by atoms with Crippen molar-refractivity contribution in [3.8, 4) is 0 Å². The highest BCUT2D eigenvalue weighted by molar-refractivity contribution is 5.14. The molecule has 1 fully saturated rings. The normalized spacial score (nSPS) is 15.4. The molecular weight excluding hydrogens is 218 g/mol. The number of nitrogens with one attached hydrogen (secondary N) is 2. The Kier molecular flexibility index (Phi) is 4.97. The molecule has 0 unspecified atom stereocenters. The van der Waals surface area contributed by atoms with Crippen LogP contribution in [-0.2, 0) is 11.3 Å². The van der Waals surface area contributed by atoms with E-state index in [9.17, 15) is 0 Å². The van der Waals surface area contributed by atoms with Crippen molar-refractivity contribution in [2.24, 2.45) is 0 Å². The van der Waals surface area contributed by atoms with E-state index in [4.69, 9.17) is 9.26 Å². The second kappa shape index (κ2) is 6.74. The fourth-order valence-electron chi connectivity index (χ4n) is 1.66. The Morgan fingerprint density at radius 1 is 1.35 bits per heavy atom. The van der Waals surface area contributed by atoms with Crippen LogP contribution in [0, 0.1) is 0 Å². The van der Waals surface area contributed by atoms with E-state index in [0.717, 1.165) is 44.2 Å². The lowest BCUT2D eigenvalue weighted by molar-refractivity contribution is 0.199. The predicted molar refractivity (Wildman–Crippen MR) is 64.9 cm³/mol. The molecule has 17 heavy (non-hydrogen) atoms. The lowest BCUT2D eigenvalue weighted by Gasteiger charge is -2.04. The van der Waals surface area contributed by atoms with Crippen LogP contribution in [0.5, 0.6) is 0 Å². The van der Waals surface area contributed by atoms with Gasteiger partial charge in [0.05, 0.1) is 12.3 Å². The minimum absolute atomic E-state index is 0.645. The van der Waals surface area contributed by atoms with Crippen molar-refractivity contribution in [3.05, 3.63) is 17.5 Å². The van der Waals surface area contributed by atoms with Gasteiger partial charge in [-0.1, -0.05) is 5.16 Å². The molecule has 2 N–H and O–H groups in total. The summed E-state index contributed by atoms with van der Waals surface area (Å²) in [5.41, 5.74) is 1.00. The second-order valence-corrected chi connectivity index (χ2v) is 4.41. The highest BCUT2D eigenvalue weighted by Gasteiger charge is 2.27. The van der Waals surface area contributed by atoms with Crippen molar-refractivity contribution in [1.29, 1.82) is 0 Å². The SMILES string of the molecule is COCCNCCNCc1cc(C2CC2)on1. The zero-order valence-electron chi connectivity index (χ0n) is 10.4. The molecule has 0 saturated heterocycles. The lowest BCUT2D eigenvalue weighted by atomic mass is 10.3. The first kappa shape index (κ1) is 12.5. The highest BCUT2D eigenvalue weighted by Crippen LogP contribution is 2.40. The van der Waals surface area contributed by atoms with Crippen LogP contribution >= 0.6 is 0 Å². The Bertz CT molecular complexity index is 323. The summed E-state index contributed by atoms with van der Waals surface area (Å²) in [5, 5.41) is 10.6. The van der Waals surface area contributed by atoms with Crippen molar-refractivity contribution >= 4 is 0 Å². The molecule has 0 spiro atoms. The summed E-state index contributed by atoms with van der Waals surface area (Å²) >= 11 is 0. The van der Waals surface area contributed by atoms with Gasteiger partial charge in [-0.15, -0.1) is 0 Å². The zero-order valence-corrected chi connectivity index (χ0v) is 10.4. The van der Waals surface area contributed by atoms with Gasteiger partial charge in [-0.25, -0.2) is 0 Å². The maximum absolute atomic E-state index is 5.28. The number of aromatic nitrogens is 1. The molecule has 1 aromatic heterocycles. The van der Waals surface area contributed by atoms with Crippen LogP contribution in [0.1, 0.15) is 30.2 Å². The minimum Gasteiger partial charge on any atom is -0.383 e. The number of hydrogen-bond acceptors (Lipinski definition) is 5. The Labute approximate surface area is 102 Å². The molecule has 5 heteroatoms. The van der Waals surface area contributed by atoms with Gasteiger partial charge in [-0.2, -0.15) is 0 Å². The van der Waals surface area contributed by atoms with E-state index in [1.54, 1.807) is 7.11 Å². The molecule has 1 aliphatic rings. The molecule has 0 aliphatic heterocycles. The summed E-state index contributed by atoms with van der Waals surface area (Å²) in [7, 11) is 1.71. The average molecular weight is 239 g/mol. The first-order valence-corrected chi connectivity index (χ1v) is 6.26. The summed E-state index contributed by atoms with van der Waals surface area (Å²) in [6.45, 7) is 4.30. The molecular formula is C12H21N3O2. The molecule has 96 valence electrons. The van der Waals surface area contributed by atoms with E-state index in [0.29, 0.717) is 5.92 Å². The predicted octanol–water partition coefficient (Wildman–Crippen LogP) is 0.878. The topological polar surface area (TPSA) is 59.3 Å². The van der Waals surface area contributed by atoms with Crippen molar-refractivity contribution < 1.29 is 9.26 Å². The van der Waals surface area contributed by atoms with Gasteiger partial charge in [-0.05, 0) is 12.8 Å². The summed E-state index contributed by atoms with van der Waals surface area (Å²) < 4.78 is 10.2. The summed E-state index contributed by atoms with van der Waals surface area (Å²) in [6.07, 6.45) is 2.51. The van der Waals surface area contributed by atoms with Gasteiger partial charge in [0.1, 0.15) is 5.76 Å². The van der Waals surface area contributed by atoms with Crippen LogP contribution in [0.4, 0.5) is 0 Å². The molecule has 2 rings (SSSR count). The molecule has 0 atom stereocenters. The van der Waals surface area contributed by atoms with Gasteiger partial charge in [0.25, 0.3) is 0 Å². The highest BCUT2D eigenvalue weighted by atomic mass is 16.5. The first-order valence-electron chi connectivity index (χ1n) is 6.26. The fraction of sp³-hybridized carbons (Fsp3) is 0.750. The van der Waals surface area contributed by atoms with Gasteiger partial charge in [0.15, 0.2) is 0 Å². The third kappa shape index (κ3) is 4.46. The molecule has 1 aliphatic carbocycles. The number of rotatable bonds is 9. The summed E-state index contributed by atoms with van der Waals surface area (Å²) in [5.74, 6) is 1.70. The van der Waals surface area contributed by atoms with Gasteiger partial charge in [0, 0.05) is 45.3 Å². The van der Waals surface area contributed by atoms with E-state index in [-0.39, 0.29) is 0 Å². The first-order chi connectivity index (χ1) is 8.40. The van der Waals surface area contributed by atoms with Crippen LogP contribution in [0.2, 0.25) is 0 Å². The lowest BCUT2D eigenvalue weighted by Crippen LogP contribution is -2.29. The number of nitrogens with zero attached hydrogens (tertiary/aromatic N) is 1. The van der Waals surface area contributed by atoms with Crippen LogP contribution in [0.3, 0.4) is 0 Å². The van der Waals surface area contributed by atoms with E-state index >= 15 is 0 Å². The third-order valence-electron chi connectivity index (χ3n) is 2.82. The van der Waals surface area contributed by atoms with E-state index in [1.165, 1.54) is 12.8 Å². The van der Waals surface area contributed by atoms with Crippen molar-refractivity contribution in [1.82, 2.24) is 15.8 Å².